The SMILES string of the molecule is C=C(NCC(=O)N1CC(F)(F)CC1C#N)C1=C2C=CC=C(NC)C2N(C)C=C1. The number of nitriles is 1. The summed E-state index contributed by atoms with van der Waals surface area (Å²) in [5.74, 6) is -3.57. The lowest BCUT2D eigenvalue weighted by Gasteiger charge is -2.36. The first-order chi connectivity index (χ1) is 13.3. The monoisotopic (exact) mass is 387 g/mol. The summed E-state index contributed by atoms with van der Waals surface area (Å²) in [5.41, 5.74) is 3.42. The standard InChI is InChI=1S/C20H23F2N5O/c1-13(25-11-18(28)27-12-20(21,22)9-14(27)10-23)15-7-8-26(3)19-16(15)5-4-6-17(19)24-2/h4-8,14,19,24-25H,1,9,11-12H2,2-3H3. The van der Waals surface area contributed by atoms with E-state index in [0.717, 1.165) is 21.7 Å². The number of hydrogen-bond acceptors (Lipinski definition) is 5. The van der Waals surface area contributed by atoms with Gasteiger partial charge in [-0.2, -0.15) is 5.26 Å². The van der Waals surface area contributed by atoms with E-state index >= 15 is 0 Å². The lowest BCUT2D eigenvalue weighted by atomic mass is 9.89. The fraction of sp³-hybridized carbons (Fsp3) is 0.400. The zero-order valence-electron chi connectivity index (χ0n) is 15.9. The van der Waals surface area contributed by atoms with Gasteiger partial charge in [0.15, 0.2) is 0 Å². The van der Waals surface area contributed by atoms with Gasteiger partial charge in [0.2, 0.25) is 5.91 Å². The van der Waals surface area contributed by atoms with Gasteiger partial charge in [-0.15, -0.1) is 0 Å². The molecule has 28 heavy (non-hydrogen) atoms. The molecule has 1 saturated heterocycles. The minimum Gasteiger partial charge on any atom is -0.389 e. The molecule has 0 aromatic carbocycles. The Bertz CT molecular complexity index is 849. The van der Waals surface area contributed by atoms with Crippen molar-refractivity contribution in [1.29, 1.82) is 5.26 Å². The molecule has 0 bridgehead atoms. The number of rotatable bonds is 5. The van der Waals surface area contributed by atoms with Crippen molar-refractivity contribution in [2.75, 3.05) is 27.2 Å². The molecule has 0 aromatic heterocycles. The second-order valence-corrected chi connectivity index (χ2v) is 7.04. The molecule has 6 nitrogen and oxygen atoms in total. The average Bonchev–Trinajstić information content (AvgIpc) is 3.00. The molecule has 1 aliphatic carbocycles. The van der Waals surface area contributed by atoms with Gasteiger partial charge in [0.05, 0.1) is 25.2 Å². The predicted molar refractivity (Wildman–Crippen MR) is 102 cm³/mol. The van der Waals surface area contributed by atoms with Crippen LogP contribution in [0.3, 0.4) is 0 Å². The molecule has 2 aliphatic heterocycles. The van der Waals surface area contributed by atoms with Crippen LogP contribution in [0.15, 0.2) is 59.6 Å². The number of carbonyl (C=O) groups is 1. The van der Waals surface area contributed by atoms with Crippen molar-refractivity contribution in [3.8, 4) is 6.07 Å². The first-order valence-electron chi connectivity index (χ1n) is 8.98. The van der Waals surface area contributed by atoms with E-state index in [4.69, 9.17) is 5.26 Å². The number of nitrogens with zero attached hydrogens (tertiary/aromatic N) is 3. The molecule has 1 amide bonds. The normalized spacial score (nSPS) is 25.2. The number of alkyl halides is 2. The van der Waals surface area contributed by atoms with E-state index in [9.17, 15) is 13.6 Å². The van der Waals surface area contributed by atoms with Crippen LogP contribution in [0, 0.1) is 11.3 Å². The molecule has 8 heteroatoms. The Morgan fingerprint density at radius 2 is 2.21 bits per heavy atom. The summed E-state index contributed by atoms with van der Waals surface area (Å²) in [7, 11) is 3.83. The highest BCUT2D eigenvalue weighted by Crippen LogP contribution is 2.32. The van der Waals surface area contributed by atoms with E-state index in [-0.39, 0.29) is 12.6 Å². The number of allylic oxidation sites excluding steroid dienone is 3. The number of halogens is 2. The fourth-order valence-electron chi connectivity index (χ4n) is 3.72. The minimum absolute atomic E-state index is 0.00416. The van der Waals surface area contributed by atoms with Crippen LogP contribution in [0.2, 0.25) is 0 Å². The predicted octanol–water partition coefficient (Wildman–Crippen LogP) is 1.65. The highest BCUT2D eigenvalue weighted by atomic mass is 19.3. The van der Waals surface area contributed by atoms with Crippen molar-refractivity contribution in [3.05, 3.63) is 59.6 Å². The van der Waals surface area contributed by atoms with Crippen molar-refractivity contribution >= 4 is 5.91 Å². The molecule has 2 N–H and O–H groups in total. The molecule has 0 aromatic rings. The number of nitrogens with one attached hydrogen (secondary N) is 2. The Morgan fingerprint density at radius 3 is 2.89 bits per heavy atom. The van der Waals surface area contributed by atoms with Crippen LogP contribution >= 0.6 is 0 Å². The van der Waals surface area contributed by atoms with Gasteiger partial charge in [-0.1, -0.05) is 18.7 Å². The highest BCUT2D eigenvalue weighted by molar-refractivity contribution is 5.80. The first kappa shape index (κ1) is 19.7. The topological polar surface area (TPSA) is 71.4 Å². The van der Waals surface area contributed by atoms with Gasteiger partial charge in [0.25, 0.3) is 5.92 Å². The van der Waals surface area contributed by atoms with Crippen LogP contribution in [0.5, 0.6) is 0 Å². The summed E-state index contributed by atoms with van der Waals surface area (Å²) >= 11 is 0. The van der Waals surface area contributed by atoms with Gasteiger partial charge in [-0.05, 0) is 17.7 Å². The number of fused-ring (bicyclic) bond motifs is 1. The van der Waals surface area contributed by atoms with Gasteiger partial charge < -0.3 is 20.4 Å². The molecule has 3 aliphatic rings. The molecular formula is C20H23F2N5O. The number of likely N-dealkylation sites (N-methyl/N-ethyl adjacent to an activating group) is 2. The van der Waals surface area contributed by atoms with Gasteiger partial charge in [0.1, 0.15) is 6.04 Å². The molecule has 0 saturated carbocycles. The first-order valence-corrected chi connectivity index (χ1v) is 8.98. The summed E-state index contributed by atoms with van der Waals surface area (Å²) in [6.07, 6.45) is 9.13. The Balaban J connectivity index is 1.71. The van der Waals surface area contributed by atoms with Gasteiger partial charge in [0, 0.05) is 43.7 Å². The van der Waals surface area contributed by atoms with Crippen molar-refractivity contribution in [2.24, 2.45) is 0 Å². The largest absolute Gasteiger partial charge is 0.389 e. The smallest absolute Gasteiger partial charge is 0.268 e. The number of hydrogen-bond donors (Lipinski definition) is 2. The zero-order valence-corrected chi connectivity index (χ0v) is 15.9. The van der Waals surface area contributed by atoms with Crippen LogP contribution in [0.1, 0.15) is 6.42 Å². The molecule has 2 unspecified atom stereocenters. The van der Waals surface area contributed by atoms with Gasteiger partial charge in [-0.3, -0.25) is 4.79 Å². The van der Waals surface area contributed by atoms with Crippen molar-refractivity contribution < 1.29 is 13.6 Å². The van der Waals surface area contributed by atoms with Crippen LogP contribution in [0.25, 0.3) is 0 Å². The Morgan fingerprint density at radius 1 is 1.46 bits per heavy atom. The molecule has 3 rings (SSSR count). The van der Waals surface area contributed by atoms with E-state index in [1.807, 2.05) is 44.6 Å². The average molecular weight is 387 g/mol. The van der Waals surface area contributed by atoms with E-state index in [2.05, 4.69) is 22.1 Å². The van der Waals surface area contributed by atoms with Gasteiger partial charge in [-0.25, -0.2) is 8.78 Å². The minimum atomic E-state index is -3.02. The van der Waals surface area contributed by atoms with E-state index in [1.54, 1.807) is 6.07 Å². The molecular weight excluding hydrogens is 364 g/mol. The number of carbonyl (C=O) groups excluding carboxylic acids is 1. The Kier molecular flexibility index (Phi) is 5.27. The van der Waals surface area contributed by atoms with Crippen molar-refractivity contribution in [2.45, 2.75) is 24.4 Å². The van der Waals surface area contributed by atoms with Gasteiger partial charge >= 0.3 is 0 Å². The number of amides is 1. The molecule has 0 radical (unpaired) electrons. The van der Waals surface area contributed by atoms with Crippen molar-refractivity contribution in [3.63, 3.8) is 0 Å². The summed E-state index contributed by atoms with van der Waals surface area (Å²) in [6, 6.07) is 0.685. The Hall–Kier alpha value is -3.08. The maximum absolute atomic E-state index is 13.6. The molecule has 1 fully saturated rings. The summed E-state index contributed by atoms with van der Waals surface area (Å²) < 4.78 is 27.1. The lowest BCUT2D eigenvalue weighted by molar-refractivity contribution is -0.131. The molecule has 0 spiro atoms. The van der Waals surface area contributed by atoms with E-state index in [0.29, 0.717) is 5.70 Å². The zero-order chi connectivity index (χ0) is 20.5. The van der Waals surface area contributed by atoms with Crippen LogP contribution < -0.4 is 10.6 Å². The third-order valence-electron chi connectivity index (χ3n) is 5.14. The van der Waals surface area contributed by atoms with Crippen LogP contribution in [0.4, 0.5) is 8.78 Å². The summed E-state index contributed by atoms with van der Waals surface area (Å²) in [5, 5.41) is 15.2. The fourth-order valence-corrected chi connectivity index (χ4v) is 3.72. The van der Waals surface area contributed by atoms with E-state index in [1.165, 1.54) is 0 Å². The molecule has 2 atom stereocenters. The summed E-state index contributed by atoms with van der Waals surface area (Å²) in [6.45, 7) is 3.09. The van der Waals surface area contributed by atoms with Crippen LogP contribution in [-0.2, 0) is 4.79 Å². The third kappa shape index (κ3) is 3.65. The molecule has 2 heterocycles. The van der Waals surface area contributed by atoms with Crippen molar-refractivity contribution in [1.82, 2.24) is 20.4 Å². The van der Waals surface area contributed by atoms with E-state index < -0.39 is 30.8 Å². The maximum atomic E-state index is 13.6. The number of likely N-dealkylation sites (tertiary alicyclic amines) is 1. The maximum Gasteiger partial charge on any atom is 0.268 e. The molecule has 148 valence electrons. The lowest BCUT2D eigenvalue weighted by Crippen LogP contribution is -2.42. The second-order valence-electron chi connectivity index (χ2n) is 7.04. The summed E-state index contributed by atoms with van der Waals surface area (Å²) in [4.78, 5) is 15.4. The quantitative estimate of drug-likeness (QED) is 0.751. The third-order valence-corrected chi connectivity index (χ3v) is 5.14. The van der Waals surface area contributed by atoms with Crippen LogP contribution in [-0.4, -0.2) is 60.9 Å². The highest BCUT2D eigenvalue weighted by Gasteiger charge is 2.47. The second kappa shape index (κ2) is 7.50. The Labute approximate surface area is 163 Å².